The monoisotopic (exact) mass is 360 g/mol. The van der Waals surface area contributed by atoms with Crippen LogP contribution in [0.3, 0.4) is 0 Å². The predicted molar refractivity (Wildman–Crippen MR) is 104 cm³/mol. The number of piperidine rings is 1. The maximum Gasteiger partial charge on any atom is 0.213 e. The molecule has 1 aliphatic carbocycles. The topological polar surface area (TPSA) is 59.0 Å². The largest absolute Gasteiger partial charge is 0.474 e. The van der Waals surface area contributed by atoms with Gasteiger partial charge in [0.15, 0.2) is 5.96 Å². The molecule has 26 heavy (non-hydrogen) atoms. The number of pyridine rings is 1. The van der Waals surface area contributed by atoms with Crippen molar-refractivity contribution in [1.29, 1.82) is 0 Å². The molecule has 1 saturated heterocycles. The Kier molecular flexibility index (Phi) is 7.12. The SMILES string of the molecule is CCOC1CCN(C(=NC)NCc2ccnc(OC3CCCC3)c2)CC1. The smallest absolute Gasteiger partial charge is 0.213 e. The summed E-state index contributed by atoms with van der Waals surface area (Å²) in [5.41, 5.74) is 1.17. The second kappa shape index (κ2) is 9.76. The average molecular weight is 361 g/mol. The number of ether oxygens (including phenoxy) is 2. The van der Waals surface area contributed by atoms with Crippen molar-refractivity contribution in [2.24, 2.45) is 4.99 Å². The van der Waals surface area contributed by atoms with Gasteiger partial charge in [-0.1, -0.05) is 0 Å². The Morgan fingerprint density at radius 1 is 1.23 bits per heavy atom. The molecule has 2 heterocycles. The zero-order chi connectivity index (χ0) is 18.2. The minimum atomic E-state index is 0.338. The van der Waals surface area contributed by atoms with Crippen molar-refractivity contribution in [3.63, 3.8) is 0 Å². The highest BCUT2D eigenvalue weighted by Crippen LogP contribution is 2.23. The summed E-state index contributed by atoms with van der Waals surface area (Å²) in [5.74, 6) is 1.69. The van der Waals surface area contributed by atoms with Crippen LogP contribution in [0, 0.1) is 0 Å². The van der Waals surface area contributed by atoms with E-state index >= 15 is 0 Å². The zero-order valence-corrected chi connectivity index (χ0v) is 16.1. The molecule has 6 heteroatoms. The summed E-state index contributed by atoms with van der Waals surface area (Å²) in [4.78, 5) is 11.1. The van der Waals surface area contributed by atoms with Crippen LogP contribution in [0.15, 0.2) is 23.3 Å². The van der Waals surface area contributed by atoms with Crippen molar-refractivity contribution in [3.05, 3.63) is 23.9 Å². The molecule has 0 aromatic carbocycles. The van der Waals surface area contributed by atoms with E-state index in [1.54, 1.807) is 0 Å². The highest BCUT2D eigenvalue weighted by Gasteiger charge is 2.21. The first kappa shape index (κ1) is 19.0. The van der Waals surface area contributed by atoms with E-state index in [-0.39, 0.29) is 0 Å². The van der Waals surface area contributed by atoms with Crippen molar-refractivity contribution in [1.82, 2.24) is 15.2 Å². The molecule has 0 spiro atoms. The first-order valence-corrected chi connectivity index (χ1v) is 9.97. The van der Waals surface area contributed by atoms with Gasteiger partial charge in [0, 0.05) is 45.6 Å². The van der Waals surface area contributed by atoms with Crippen LogP contribution in [0.5, 0.6) is 5.88 Å². The van der Waals surface area contributed by atoms with Crippen molar-refractivity contribution < 1.29 is 9.47 Å². The van der Waals surface area contributed by atoms with Crippen LogP contribution in [0.2, 0.25) is 0 Å². The van der Waals surface area contributed by atoms with Crippen LogP contribution in [0.1, 0.15) is 51.0 Å². The van der Waals surface area contributed by atoms with Gasteiger partial charge in [0.1, 0.15) is 6.10 Å². The van der Waals surface area contributed by atoms with Gasteiger partial charge in [-0.3, -0.25) is 4.99 Å². The number of aliphatic imine (C=N–C) groups is 1. The lowest BCUT2D eigenvalue weighted by Crippen LogP contribution is -2.46. The number of nitrogens with zero attached hydrogens (tertiary/aromatic N) is 3. The summed E-state index contributed by atoms with van der Waals surface area (Å²) in [6, 6.07) is 4.07. The molecule has 1 aromatic heterocycles. The number of likely N-dealkylation sites (tertiary alicyclic amines) is 1. The Morgan fingerprint density at radius 3 is 2.69 bits per heavy atom. The molecule has 1 N–H and O–H groups in total. The van der Waals surface area contributed by atoms with E-state index in [4.69, 9.17) is 9.47 Å². The fourth-order valence-electron chi connectivity index (χ4n) is 3.79. The fraction of sp³-hybridized carbons (Fsp3) is 0.700. The summed E-state index contributed by atoms with van der Waals surface area (Å²) in [6.07, 6.45) is 9.51. The molecule has 2 fully saturated rings. The summed E-state index contributed by atoms with van der Waals surface area (Å²) >= 11 is 0. The van der Waals surface area contributed by atoms with Gasteiger partial charge >= 0.3 is 0 Å². The number of rotatable bonds is 6. The molecule has 0 amide bonds. The van der Waals surface area contributed by atoms with Crippen LogP contribution >= 0.6 is 0 Å². The van der Waals surface area contributed by atoms with E-state index in [0.29, 0.717) is 12.2 Å². The molecule has 6 nitrogen and oxygen atoms in total. The Balaban J connectivity index is 1.49. The summed E-state index contributed by atoms with van der Waals surface area (Å²) in [6.45, 7) is 5.55. The molecule has 1 aliphatic heterocycles. The van der Waals surface area contributed by atoms with E-state index in [1.807, 2.05) is 25.4 Å². The van der Waals surface area contributed by atoms with Gasteiger partial charge in [0.05, 0.1) is 6.10 Å². The van der Waals surface area contributed by atoms with Crippen molar-refractivity contribution in [2.45, 2.75) is 64.2 Å². The Morgan fingerprint density at radius 2 is 2.00 bits per heavy atom. The van der Waals surface area contributed by atoms with E-state index in [1.165, 1.54) is 18.4 Å². The first-order chi connectivity index (χ1) is 12.8. The van der Waals surface area contributed by atoms with E-state index < -0.39 is 0 Å². The van der Waals surface area contributed by atoms with Crippen molar-refractivity contribution >= 4 is 5.96 Å². The molecule has 0 radical (unpaired) electrons. The van der Waals surface area contributed by atoms with E-state index in [0.717, 1.165) is 63.8 Å². The fourth-order valence-corrected chi connectivity index (χ4v) is 3.79. The zero-order valence-electron chi connectivity index (χ0n) is 16.1. The number of nitrogens with one attached hydrogen (secondary N) is 1. The molecule has 1 saturated carbocycles. The summed E-state index contributed by atoms with van der Waals surface area (Å²) in [7, 11) is 1.85. The highest BCUT2D eigenvalue weighted by atomic mass is 16.5. The maximum atomic E-state index is 6.01. The van der Waals surface area contributed by atoms with E-state index in [9.17, 15) is 0 Å². The lowest BCUT2D eigenvalue weighted by atomic mass is 10.1. The Bertz CT molecular complexity index is 579. The van der Waals surface area contributed by atoms with Gasteiger partial charge in [-0.2, -0.15) is 0 Å². The number of hydrogen-bond acceptors (Lipinski definition) is 4. The summed E-state index contributed by atoms with van der Waals surface area (Å²) in [5, 5.41) is 3.47. The highest BCUT2D eigenvalue weighted by molar-refractivity contribution is 5.79. The number of guanidine groups is 1. The molecule has 3 rings (SSSR count). The third-order valence-electron chi connectivity index (χ3n) is 5.20. The molecule has 0 bridgehead atoms. The van der Waals surface area contributed by atoms with Gasteiger partial charge in [-0.15, -0.1) is 0 Å². The Labute approximate surface area is 157 Å². The molecule has 1 aromatic rings. The molecule has 0 atom stereocenters. The van der Waals surface area contributed by atoms with Crippen LogP contribution < -0.4 is 10.1 Å². The van der Waals surface area contributed by atoms with Gasteiger partial charge < -0.3 is 19.7 Å². The third kappa shape index (κ3) is 5.34. The number of aromatic nitrogens is 1. The van der Waals surface area contributed by atoms with Crippen molar-refractivity contribution in [2.75, 3.05) is 26.7 Å². The quantitative estimate of drug-likeness (QED) is 0.624. The summed E-state index contributed by atoms with van der Waals surface area (Å²) < 4.78 is 11.7. The lowest BCUT2D eigenvalue weighted by Gasteiger charge is -2.34. The minimum absolute atomic E-state index is 0.338. The van der Waals surface area contributed by atoms with Gasteiger partial charge in [0.25, 0.3) is 0 Å². The maximum absolute atomic E-state index is 6.01. The predicted octanol–water partition coefficient (Wildman–Crippen LogP) is 2.98. The second-order valence-electron chi connectivity index (χ2n) is 7.07. The molecule has 0 unspecified atom stereocenters. The van der Waals surface area contributed by atoms with Crippen LogP contribution in [0.4, 0.5) is 0 Å². The van der Waals surface area contributed by atoms with Crippen LogP contribution in [-0.4, -0.2) is 54.8 Å². The second-order valence-corrected chi connectivity index (χ2v) is 7.07. The lowest BCUT2D eigenvalue weighted by molar-refractivity contribution is 0.0263. The third-order valence-corrected chi connectivity index (χ3v) is 5.20. The minimum Gasteiger partial charge on any atom is -0.474 e. The molecule has 144 valence electrons. The van der Waals surface area contributed by atoms with Gasteiger partial charge in [-0.25, -0.2) is 4.98 Å². The molecule has 2 aliphatic rings. The number of hydrogen-bond donors (Lipinski definition) is 1. The molecular formula is C20H32N4O2. The van der Waals surface area contributed by atoms with E-state index in [2.05, 4.69) is 27.1 Å². The molecular weight excluding hydrogens is 328 g/mol. The van der Waals surface area contributed by atoms with Crippen molar-refractivity contribution in [3.8, 4) is 5.88 Å². The van der Waals surface area contributed by atoms with Crippen LogP contribution in [0.25, 0.3) is 0 Å². The standard InChI is InChI=1S/C20H32N4O2/c1-3-25-17-9-12-24(13-10-17)20(21-2)23-15-16-8-11-22-19(14-16)26-18-6-4-5-7-18/h8,11,14,17-18H,3-7,9-10,12-13,15H2,1-2H3,(H,21,23). The van der Waals surface area contributed by atoms with Gasteiger partial charge in [-0.05, 0) is 57.1 Å². The Hall–Kier alpha value is -1.82. The average Bonchev–Trinajstić information content (AvgIpc) is 3.17. The normalized spacial score (nSPS) is 19.8. The first-order valence-electron chi connectivity index (χ1n) is 9.97. The van der Waals surface area contributed by atoms with Gasteiger partial charge in [0.2, 0.25) is 5.88 Å². The van der Waals surface area contributed by atoms with Crippen LogP contribution in [-0.2, 0) is 11.3 Å².